The highest BCUT2D eigenvalue weighted by Crippen LogP contribution is 2.23. The first kappa shape index (κ1) is 19.9. The Hall–Kier alpha value is -3.37. The molecule has 4 nitrogen and oxygen atoms in total. The lowest BCUT2D eigenvalue weighted by Gasteiger charge is -2.23. The van der Waals surface area contributed by atoms with Gasteiger partial charge in [-0.05, 0) is 33.7 Å². The van der Waals surface area contributed by atoms with E-state index in [0.29, 0.717) is 12.3 Å². The summed E-state index contributed by atoms with van der Waals surface area (Å²) in [6.07, 6.45) is 0. The predicted molar refractivity (Wildman–Crippen MR) is 122 cm³/mol. The first-order valence-electron chi connectivity index (χ1n) is 10.3. The molecule has 0 heterocycles. The average molecular weight is 400 g/mol. The van der Waals surface area contributed by atoms with Crippen LogP contribution in [0.4, 0.5) is 0 Å². The minimum absolute atomic E-state index is 0.00333. The molecule has 0 spiro atoms. The number of nitrogens with one attached hydrogen (secondary N) is 2. The molecule has 1 atom stereocenters. The average Bonchev–Trinajstić information content (AvgIpc) is 2.77. The summed E-state index contributed by atoms with van der Waals surface area (Å²) in [5.74, 6) is 0.585. The van der Waals surface area contributed by atoms with Gasteiger partial charge in [0.15, 0.2) is 6.61 Å². The normalized spacial score (nSPS) is 12.2. The molecule has 1 amide bonds. The zero-order chi connectivity index (χ0) is 20.9. The highest BCUT2D eigenvalue weighted by molar-refractivity contribution is 5.86. The predicted octanol–water partition coefficient (Wildman–Crippen LogP) is 3.37. The smallest absolute Gasteiger partial charge is 0.258 e. The van der Waals surface area contributed by atoms with E-state index in [1.54, 1.807) is 0 Å². The number of benzene rings is 4. The molecule has 0 saturated carbocycles. The first-order chi connectivity index (χ1) is 14.6. The van der Waals surface area contributed by atoms with Gasteiger partial charge in [0.2, 0.25) is 0 Å². The maximum atomic E-state index is 12.5. The third-order valence-corrected chi connectivity index (χ3v) is 5.49. The molecule has 152 valence electrons. The van der Waals surface area contributed by atoms with Crippen molar-refractivity contribution in [1.82, 2.24) is 5.32 Å². The SMILES string of the molecule is C[NH+](C)[C@@H](CNC(=O)COc1ccc2ccccc2c1)c1cccc2ccccc12. The van der Waals surface area contributed by atoms with Crippen molar-refractivity contribution in [2.75, 3.05) is 27.2 Å². The third kappa shape index (κ3) is 4.44. The minimum Gasteiger partial charge on any atom is -0.484 e. The molecule has 0 bridgehead atoms. The van der Waals surface area contributed by atoms with Crippen molar-refractivity contribution >= 4 is 27.5 Å². The van der Waals surface area contributed by atoms with Crippen molar-refractivity contribution in [1.29, 1.82) is 0 Å². The Balaban J connectivity index is 1.40. The molecule has 0 aliphatic carbocycles. The lowest BCUT2D eigenvalue weighted by molar-refractivity contribution is -0.890. The van der Waals surface area contributed by atoms with Gasteiger partial charge < -0.3 is 15.0 Å². The maximum absolute atomic E-state index is 12.5. The number of ether oxygens (including phenoxy) is 1. The van der Waals surface area contributed by atoms with Gasteiger partial charge in [-0.25, -0.2) is 0 Å². The number of quaternary nitrogens is 1. The van der Waals surface area contributed by atoms with E-state index in [2.05, 4.69) is 67.9 Å². The van der Waals surface area contributed by atoms with Crippen LogP contribution in [-0.4, -0.2) is 33.2 Å². The Morgan fingerprint density at radius 1 is 0.867 bits per heavy atom. The van der Waals surface area contributed by atoms with Crippen LogP contribution < -0.4 is 15.0 Å². The van der Waals surface area contributed by atoms with Gasteiger partial charge in [0, 0.05) is 5.56 Å². The second kappa shape index (κ2) is 8.97. The van der Waals surface area contributed by atoms with Crippen LogP contribution in [0.1, 0.15) is 11.6 Å². The van der Waals surface area contributed by atoms with E-state index in [9.17, 15) is 4.79 Å². The Bertz CT molecular complexity index is 1160. The maximum Gasteiger partial charge on any atom is 0.258 e. The van der Waals surface area contributed by atoms with Crippen molar-refractivity contribution in [3.63, 3.8) is 0 Å². The van der Waals surface area contributed by atoms with E-state index in [4.69, 9.17) is 4.74 Å². The topological polar surface area (TPSA) is 42.8 Å². The van der Waals surface area contributed by atoms with Crippen molar-refractivity contribution in [2.45, 2.75) is 6.04 Å². The van der Waals surface area contributed by atoms with Gasteiger partial charge in [0.1, 0.15) is 11.8 Å². The first-order valence-corrected chi connectivity index (χ1v) is 10.3. The van der Waals surface area contributed by atoms with E-state index in [1.807, 2.05) is 36.4 Å². The van der Waals surface area contributed by atoms with Crippen LogP contribution in [0.25, 0.3) is 21.5 Å². The van der Waals surface area contributed by atoms with Gasteiger partial charge in [-0.1, -0.05) is 72.8 Å². The molecule has 4 heteroatoms. The fourth-order valence-electron chi connectivity index (χ4n) is 3.85. The summed E-state index contributed by atoms with van der Waals surface area (Å²) in [6.45, 7) is 0.555. The fraction of sp³-hybridized carbons (Fsp3) is 0.192. The molecule has 4 rings (SSSR count). The molecule has 2 N–H and O–H groups in total. The number of rotatable bonds is 7. The molecular weight excluding hydrogens is 372 g/mol. The van der Waals surface area contributed by atoms with Crippen LogP contribution in [0.3, 0.4) is 0 Å². The van der Waals surface area contributed by atoms with Crippen LogP contribution in [0, 0.1) is 0 Å². The molecular formula is C26H27N2O2+. The largest absolute Gasteiger partial charge is 0.484 e. The summed E-state index contributed by atoms with van der Waals surface area (Å²) >= 11 is 0. The van der Waals surface area contributed by atoms with Crippen LogP contribution >= 0.6 is 0 Å². The van der Waals surface area contributed by atoms with Crippen LogP contribution in [-0.2, 0) is 4.79 Å². The molecule has 0 saturated heterocycles. The van der Waals surface area contributed by atoms with Crippen molar-refractivity contribution in [3.8, 4) is 5.75 Å². The number of hydrogen-bond donors (Lipinski definition) is 2. The lowest BCUT2D eigenvalue weighted by Crippen LogP contribution is -3.07. The van der Waals surface area contributed by atoms with Crippen molar-refractivity contribution in [3.05, 3.63) is 90.5 Å². The summed E-state index contributed by atoms with van der Waals surface area (Å²) in [5.41, 5.74) is 1.24. The fourth-order valence-corrected chi connectivity index (χ4v) is 3.85. The molecule has 0 aliphatic rings. The summed E-state index contributed by atoms with van der Waals surface area (Å²) in [6, 6.07) is 28.9. The molecule has 0 radical (unpaired) electrons. The van der Waals surface area contributed by atoms with Crippen LogP contribution in [0.15, 0.2) is 84.9 Å². The molecule has 4 aromatic carbocycles. The highest BCUT2D eigenvalue weighted by atomic mass is 16.5. The Kier molecular flexibility index (Phi) is 5.96. The lowest BCUT2D eigenvalue weighted by atomic mass is 9.98. The van der Waals surface area contributed by atoms with Gasteiger partial charge in [0.05, 0.1) is 20.6 Å². The molecule has 0 aliphatic heterocycles. The van der Waals surface area contributed by atoms with Gasteiger partial charge >= 0.3 is 0 Å². The zero-order valence-corrected chi connectivity index (χ0v) is 17.4. The summed E-state index contributed by atoms with van der Waals surface area (Å²) in [7, 11) is 4.23. The van der Waals surface area contributed by atoms with Crippen LogP contribution in [0.5, 0.6) is 5.75 Å². The Morgan fingerprint density at radius 2 is 1.57 bits per heavy atom. The minimum atomic E-state index is -0.116. The van der Waals surface area contributed by atoms with Crippen LogP contribution in [0.2, 0.25) is 0 Å². The molecule has 30 heavy (non-hydrogen) atoms. The van der Waals surface area contributed by atoms with Gasteiger partial charge in [-0.15, -0.1) is 0 Å². The number of amides is 1. The zero-order valence-electron chi connectivity index (χ0n) is 17.4. The van der Waals surface area contributed by atoms with E-state index in [0.717, 1.165) is 10.8 Å². The van der Waals surface area contributed by atoms with Gasteiger partial charge in [0.25, 0.3) is 5.91 Å². The molecule has 0 aromatic heterocycles. The van der Waals surface area contributed by atoms with E-state index < -0.39 is 0 Å². The Labute approximate surface area is 177 Å². The van der Waals surface area contributed by atoms with Crippen molar-refractivity contribution in [2.24, 2.45) is 0 Å². The quantitative estimate of drug-likeness (QED) is 0.500. The Morgan fingerprint density at radius 3 is 2.37 bits per heavy atom. The van der Waals surface area contributed by atoms with Gasteiger partial charge in [-0.3, -0.25) is 4.79 Å². The third-order valence-electron chi connectivity index (χ3n) is 5.49. The monoisotopic (exact) mass is 399 g/mol. The second-order valence-electron chi connectivity index (χ2n) is 7.80. The number of fused-ring (bicyclic) bond motifs is 2. The van der Waals surface area contributed by atoms with Gasteiger partial charge in [-0.2, -0.15) is 0 Å². The standard InChI is InChI=1S/C26H26N2O2/c1-28(2)25(24-13-7-11-20-9-5-6-12-23(20)24)17-27-26(29)18-30-22-15-14-19-8-3-4-10-21(19)16-22/h3-16,25H,17-18H2,1-2H3,(H,27,29)/p+1/t25-/m0/s1. The summed E-state index contributed by atoms with van der Waals surface area (Å²) in [4.78, 5) is 13.7. The summed E-state index contributed by atoms with van der Waals surface area (Å²) < 4.78 is 5.73. The van der Waals surface area contributed by atoms with E-state index in [1.165, 1.54) is 21.2 Å². The number of likely N-dealkylation sites (N-methyl/N-ethyl adjacent to an activating group) is 1. The summed E-state index contributed by atoms with van der Waals surface area (Å²) in [5, 5.41) is 7.75. The van der Waals surface area contributed by atoms with E-state index >= 15 is 0 Å². The second-order valence-corrected chi connectivity index (χ2v) is 7.80. The molecule has 0 unspecified atom stereocenters. The molecule has 4 aromatic rings. The molecule has 0 fully saturated rings. The highest BCUT2D eigenvalue weighted by Gasteiger charge is 2.21. The van der Waals surface area contributed by atoms with E-state index in [-0.39, 0.29) is 18.6 Å². The number of carbonyl (C=O) groups excluding carboxylic acids is 1. The number of hydrogen-bond acceptors (Lipinski definition) is 2. The van der Waals surface area contributed by atoms with Crippen molar-refractivity contribution < 1.29 is 14.4 Å². The number of carbonyl (C=O) groups is 1.